The van der Waals surface area contributed by atoms with Crippen molar-refractivity contribution in [3.63, 3.8) is 0 Å². The highest BCUT2D eigenvalue weighted by Gasteiger charge is 2.09. The van der Waals surface area contributed by atoms with Gasteiger partial charge in [0.1, 0.15) is 5.82 Å². The Morgan fingerprint density at radius 3 is 2.14 bits per heavy atom. The third-order valence-corrected chi connectivity index (χ3v) is 4.14. The number of carbonyl (C=O) groups excluding carboxylic acids is 2. The largest absolute Gasteiger partial charge is 0.323 e. The highest BCUT2D eigenvalue weighted by Crippen LogP contribution is 2.19. The third-order valence-electron chi connectivity index (χ3n) is 3.84. The van der Waals surface area contributed by atoms with Crippen LogP contribution in [-0.2, 0) is 0 Å². The molecule has 3 amide bonds. The molecule has 3 rings (SSSR count). The second-order valence-electron chi connectivity index (χ2n) is 6.11. The van der Waals surface area contributed by atoms with E-state index < -0.39 is 11.8 Å². The molecule has 3 aromatic carbocycles. The van der Waals surface area contributed by atoms with E-state index in [4.69, 9.17) is 11.6 Å². The lowest BCUT2D eigenvalue weighted by molar-refractivity contribution is 0.102. The Labute approximate surface area is 166 Å². The molecular weight excluding hydrogens is 381 g/mol. The summed E-state index contributed by atoms with van der Waals surface area (Å²) in [7, 11) is 0. The Balaban J connectivity index is 1.66. The zero-order valence-electron chi connectivity index (χ0n) is 14.9. The van der Waals surface area contributed by atoms with Gasteiger partial charge in [-0.2, -0.15) is 0 Å². The lowest BCUT2D eigenvalue weighted by atomic mass is 10.1. The van der Waals surface area contributed by atoms with Crippen LogP contribution in [0.5, 0.6) is 0 Å². The van der Waals surface area contributed by atoms with Crippen molar-refractivity contribution in [3.05, 3.63) is 88.7 Å². The smallest absolute Gasteiger partial charge is 0.322 e. The first kappa shape index (κ1) is 19.4. The molecule has 7 heteroatoms. The van der Waals surface area contributed by atoms with Gasteiger partial charge < -0.3 is 16.0 Å². The summed E-state index contributed by atoms with van der Waals surface area (Å²) in [6, 6.07) is 17.3. The summed E-state index contributed by atoms with van der Waals surface area (Å²) in [5, 5.41) is 7.89. The molecule has 0 aliphatic carbocycles. The molecule has 28 heavy (non-hydrogen) atoms. The molecule has 0 saturated heterocycles. The first-order valence-corrected chi connectivity index (χ1v) is 8.79. The minimum absolute atomic E-state index is 0.0294. The van der Waals surface area contributed by atoms with Gasteiger partial charge in [0.05, 0.1) is 5.02 Å². The van der Waals surface area contributed by atoms with E-state index in [1.54, 1.807) is 30.3 Å². The summed E-state index contributed by atoms with van der Waals surface area (Å²) >= 11 is 5.62. The highest BCUT2D eigenvalue weighted by molar-refractivity contribution is 6.30. The Morgan fingerprint density at radius 2 is 1.46 bits per heavy atom. The number of carbonyl (C=O) groups is 2. The zero-order chi connectivity index (χ0) is 20.1. The van der Waals surface area contributed by atoms with Crippen molar-refractivity contribution < 1.29 is 14.0 Å². The molecule has 0 atom stereocenters. The minimum Gasteiger partial charge on any atom is -0.322 e. The SMILES string of the molecule is Cc1cccc(NC(=O)c2cccc(NC(=O)Nc3ccc(Cl)c(F)c3)c2)c1. The second-order valence-corrected chi connectivity index (χ2v) is 6.52. The number of benzene rings is 3. The molecule has 0 bridgehead atoms. The van der Waals surface area contributed by atoms with Gasteiger partial charge in [0, 0.05) is 22.6 Å². The van der Waals surface area contributed by atoms with Crippen LogP contribution in [0, 0.1) is 12.7 Å². The summed E-state index contributed by atoms with van der Waals surface area (Å²) in [6.07, 6.45) is 0. The maximum Gasteiger partial charge on any atom is 0.323 e. The number of hydrogen-bond donors (Lipinski definition) is 3. The van der Waals surface area contributed by atoms with Crippen molar-refractivity contribution in [2.24, 2.45) is 0 Å². The minimum atomic E-state index is -0.630. The number of rotatable bonds is 4. The van der Waals surface area contributed by atoms with Crippen molar-refractivity contribution in [1.29, 1.82) is 0 Å². The fourth-order valence-electron chi connectivity index (χ4n) is 2.53. The van der Waals surface area contributed by atoms with Gasteiger partial charge in [0.15, 0.2) is 0 Å². The molecule has 0 spiro atoms. The van der Waals surface area contributed by atoms with Crippen LogP contribution in [0.2, 0.25) is 5.02 Å². The van der Waals surface area contributed by atoms with Crippen LogP contribution in [0.1, 0.15) is 15.9 Å². The van der Waals surface area contributed by atoms with Gasteiger partial charge in [-0.25, -0.2) is 9.18 Å². The molecule has 3 aromatic rings. The van der Waals surface area contributed by atoms with Crippen LogP contribution in [-0.4, -0.2) is 11.9 Å². The van der Waals surface area contributed by atoms with Crippen LogP contribution < -0.4 is 16.0 Å². The Morgan fingerprint density at radius 1 is 0.821 bits per heavy atom. The van der Waals surface area contributed by atoms with E-state index in [2.05, 4.69) is 16.0 Å². The summed E-state index contributed by atoms with van der Waals surface area (Å²) < 4.78 is 13.5. The van der Waals surface area contributed by atoms with E-state index in [0.29, 0.717) is 16.9 Å². The van der Waals surface area contributed by atoms with Crippen molar-refractivity contribution >= 4 is 40.6 Å². The number of anilines is 3. The van der Waals surface area contributed by atoms with E-state index >= 15 is 0 Å². The van der Waals surface area contributed by atoms with Crippen molar-refractivity contribution in [2.75, 3.05) is 16.0 Å². The monoisotopic (exact) mass is 397 g/mol. The molecule has 3 N–H and O–H groups in total. The van der Waals surface area contributed by atoms with Gasteiger partial charge in [-0.1, -0.05) is 29.8 Å². The lowest BCUT2D eigenvalue weighted by Gasteiger charge is -2.10. The van der Waals surface area contributed by atoms with E-state index in [1.165, 1.54) is 12.1 Å². The first-order valence-electron chi connectivity index (χ1n) is 8.42. The van der Waals surface area contributed by atoms with Gasteiger partial charge in [0.2, 0.25) is 0 Å². The third kappa shape index (κ3) is 5.08. The molecule has 0 unspecified atom stereocenters. The summed E-state index contributed by atoms with van der Waals surface area (Å²) in [5.41, 5.74) is 2.78. The molecule has 0 aliphatic rings. The Hall–Kier alpha value is -3.38. The molecule has 0 saturated carbocycles. The second kappa shape index (κ2) is 8.54. The molecule has 5 nitrogen and oxygen atoms in total. The fourth-order valence-corrected chi connectivity index (χ4v) is 2.65. The number of aryl methyl sites for hydroxylation is 1. The predicted molar refractivity (Wildman–Crippen MR) is 110 cm³/mol. The maximum absolute atomic E-state index is 13.5. The highest BCUT2D eigenvalue weighted by atomic mass is 35.5. The Kier molecular flexibility index (Phi) is 5.91. The molecule has 0 fully saturated rings. The van der Waals surface area contributed by atoms with Crippen molar-refractivity contribution in [3.8, 4) is 0 Å². The van der Waals surface area contributed by atoms with Crippen LogP contribution in [0.3, 0.4) is 0 Å². The molecule has 142 valence electrons. The van der Waals surface area contributed by atoms with Gasteiger partial charge >= 0.3 is 6.03 Å². The standard InChI is InChI=1S/C21H17ClFN3O2/c1-13-4-2-6-15(10-13)24-20(27)14-5-3-7-16(11-14)25-21(28)26-17-8-9-18(22)19(23)12-17/h2-12H,1H3,(H,24,27)(H2,25,26,28). The van der Waals surface area contributed by atoms with E-state index in [0.717, 1.165) is 11.6 Å². The van der Waals surface area contributed by atoms with E-state index in [1.807, 2.05) is 25.1 Å². The van der Waals surface area contributed by atoms with Gasteiger partial charge in [-0.15, -0.1) is 0 Å². The average molecular weight is 398 g/mol. The van der Waals surface area contributed by atoms with E-state index in [9.17, 15) is 14.0 Å². The zero-order valence-corrected chi connectivity index (χ0v) is 15.7. The number of urea groups is 1. The predicted octanol–water partition coefficient (Wildman–Crippen LogP) is 5.68. The number of hydrogen-bond acceptors (Lipinski definition) is 2. The summed E-state index contributed by atoms with van der Waals surface area (Å²) in [5.74, 6) is -0.927. The van der Waals surface area contributed by atoms with Gasteiger partial charge in [0.25, 0.3) is 5.91 Å². The van der Waals surface area contributed by atoms with Crippen LogP contribution in [0.4, 0.5) is 26.2 Å². The molecule has 0 heterocycles. The van der Waals surface area contributed by atoms with Crippen LogP contribution in [0.15, 0.2) is 66.7 Å². The number of amides is 3. The topological polar surface area (TPSA) is 70.2 Å². The van der Waals surface area contributed by atoms with Crippen LogP contribution >= 0.6 is 11.6 Å². The van der Waals surface area contributed by atoms with E-state index in [-0.39, 0.29) is 16.6 Å². The summed E-state index contributed by atoms with van der Waals surface area (Å²) in [4.78, 5) is 24.5. The maximum atomic E-state index is 13.5. The fraction of sp³-hybridized carbons (Fsp3) is 0.0476. The van der Waals surface area contributed by atoms with Crippen molar-refractivity contribution in [2.45, 2.75) is 6.92 Å². The molecule has 0 radical (unpaired) electrons. The molecule has 0 aliphatic heterocycles. The van der Waals surface area contributed by atoms with Crippen molar-refractivity contribution in [1.82, 2.24) is 0 Å². The molecule has 0 aromatic heterocycles. The average Bonchev–Trinajstić information content (AvgIpc) is 2.65. The quantitative estimate of drug-likeness (QED) is 0.529. The molecular formula is C21H17ClFN3O2. The lowest BCUT2D eigenvalue weighted by Crippen LogP contribution is -2.20. The number of nitrogens with one attached hydrogen (secondary N) is 3. The van der Waals surface area contributed by atoms with Gasteiger partial charge in [-0.05, 0) is 61.0 Å². The Bertz CT molecular complexity index is 1040. The number of halogens is 2. The normalized spacial score (nSPS) is 10.2. The first-order chi connectivity index (χ1) is 13.4. The summed E-state index contributed by atoms with van der Waals surface area (Å²) in [6.45, 7) is 1.94. The van der Waals surface area contributed by atoms with Crippen LogP contribution in [0.25, 0.3) is 0 Å². The van der Waals surface area contributed by atoms with Gasteiger partial charge in [-0.3, -0.25) is 4.79 Å².